The number of benzene rings is 1. The molecule has 9 heteroatoms. The highest BCUT2D eigenvalue weighted by Gasteiger charge is 2.23. The predicted molar refractivity (Wildman–Crippen MR) is 79.3 cm³/mol. The molecule has 0 fully saturated rings. The van der Waals surface area contributed by atoms with E-state index in [0.29, 0.717) is 11.4 Å². The van der Waals surface area contributed by atoms with Crippen molar-refractivity contribution in [2.45, 2.75) is 6.92 Å². The molecule has 0 aliphatic rings. The second-order valence-corrected chi connectivity index (χ2v) is 4.22. The van der Waals surface area contributed by atoms with E-state index in [0.717, 1.165) is 0 Å². The molecule has 0 radical (unpaired) electrons. The number of rotatable bonds is 5. The number of nitrogens with one attached hydrogen (secondary N) is 2. The van der Waals surface area contributed by atoms with E-state index in [9.17, 15) is 14.9 Å². The SMILES string of the molecule is COc1ncnc(Nc2ccc(NC(C)=O)cc2)c1[N+](=O)[O-]. The monoisotopic (exact) mass is 303 g/mol. The van der Waals surface area contributed by atoms with Crippen LogP contribution in [0, 0.1) is 10.1 Å². The molecule has 1 heterocycles. The molecule has 0 spiro atoms. The van der Waals surface area contributed by atoms with Gasteiger partial charge in [0.15, 0.2) is 0 Å². The summed E-state index contributed by atoms with van der Waals surface area (Å²) in [5.74, 6) is -0.293. The van der Waals surface area contributed by atoms with Crippen LogP contribution in [0.5, 0.6) is 5.88 Å². The first kappa shape index (κ1) is 15.2. The van der Waals surface area contributed by atoms with Crippen LogP contribution in [0.4, 0.5) is 22.9 Å². The van der Waals surface area contributed by atoms with Gasteiger partial charge in [0.05, 0.1) is 12.0 Å². The van der Waals surface area contributed by atoms with Crippen molar-refractivity contribution in [2.75, 3.05) is 17.7 Å². The summed E-state index contributed by atoms with van der Waals surface area (Å²) >= 11 is 0. The normalized spacial score (nSPS) is 9.91. The fraction of sp³-hybridized carbons (Fsp3) is 0.154. The van der Waals surface area contributed by atoms with Gasteiger partial charge in [0.25, 0.3) is 5.88 Å². The van der Waals surface area contributed by atoms with Crippen LogP contribution in [-0.4, -0.2) is 27.9 Å². The van der Waals surface area contributed by atoms with Crippen LogP contribution >= 0.6 is 0 Å². The average molecular weight is 303 g/mol. The fourth-order valence-electron chi connectivity index (χ4n) is 1.74. The number of ether oxygens (including phenoxy) is 1. The first-order valence-electron chi connectivity index (χ1n) is 6.19. The molecule has 0 aliphatic heterocycles. The Morgan fingerprint density at radius 1 is 1.23 bits per heavy atom. The van der Waals surface area contributed by atoms with E-state index in [2.05, 4.69) is 20.6 Å². The number of aromatic nitrogens is 2. The molecular weight excluding hydrogens is 290 g/mol. The van der Waals surface area contributed by atoms with E-state index in [4.69, 9.17) is 4.74 Å². The lowest BCUT2D eigenvalue weighted by molar-refractivity contribution is -0.385. The van der Waals surface area contributed by atoms with Gasteiger partial charge in [-0.05, 0) is 24.3 Å². The van der Waals surface area contributed by atoms with E-state index in [1.165, 1.54) is 20.4 Å². The van der Waals surface area contributed by atoms with Crippen molar-refractivity contribution < 1.29 is 14.5 Å². The number of nitro groups is 1. The lowest BCUT2D eigenvalue weighted by Gasteiger charge is -2.08. The Bertz CT molecular complexity index is 702. The number of methoxy groups -OCH3 is 1. The van der Waals surface area contributed by atoms with Gasteiger partial charge in [0.1, 0.15) is 6.33 Å². The zero-order chi connectivity index (χ0) is 16.1. The third-order valence-electron chi connectivity index (χ3n) is 2.63. The molecule has 0 unspecified atom stereocenters. The minimum Gasteiger partial charge on any atom is -0.476 e. The topological polar surface area (TPSA) is 119 Å². The van der Waals surface area contributed by atoms with Gasteiger partial charge in [-0.2, -0.15) is 4.98 Å². The maximum Gasteiger partial charge on any atom is 0.373 e. The van der Waals surface area contributed by atoms with Crippen LogP contribution in [0.25, 0.3) is 0 Å². The molecule has 0 saturated carbocycles. The van der Waals surface area contributed by atoms with E-state index in [-0.39, 0.29) is 23.3 Å². The Morgan fingerprint density at radius 3 is 2.41 bits per heavy atom. The zero-order valence-electron chi connectivity index (χ0n) is 11.9. The summed E-state index contributed by atoms with van der Waals surface area (Å²) in [6.45, 7) is 1.41. The van der Waals surface area contributed by atoms with E-state index >= 15 is 0 Å². The molecule has 2 N–H and O–H groups in total. The van der Waals surface area contributed by atoms with Crippen molar-refractivity contribution in [3.8, 4) is 5.88 Å². The van der Waals surface area contributed by atoms with Crippen molar-refractivity contribution in [1.82, 2.24) is 9.97 Å². The van der Waals surface area contributed by atoms with Crippen LogP contribution in [0.1, 0.15) is 6.92 Å². The van der Waals surface area contributed by atoms with Crippen molar-refractivity contribution in [1.29, 1.82) is 0 Å². The van der Waals surface area contributed by atoms with Gasteiger partial charge in [-0.3, -0.25) is 14.9 Å². The third-order valence-corrected chi connectivity index (χ3v) is 2.63. The van der Waals surface area contributed by atoms with Crippen molar-refractivity contribution in [3.63, 3.8) is 0 Å². The molecule has 22 heavy (non-hydrogen) atoms. The fourth-order valence-corrected chi connectivity index (χ4v) is 1.74. The van der Waals surface area contributed by atoms with Gasteiger partial charge in [0.2, 0.25) is 11.7 Å². The van der Waals surface area contributed by atoms with Gasteiger partial charge < -0.3 is 15.4 Å². The standard InChI is InChI=1S/C13H13N5O4/c1-8(19)16-9-3-5-10(6-4-9)17-12-11(18(20)21)13(22-2)15-7-14-12/h3-7H,1-2H3,(H,16,19)(H,14,15,17). The van der Waals surface area contributed by atoms with Crippen LogP contribution < -0.4 is 15.4 Å². The van der Waals surface area contributed by atoms with Crippen LogP contribution in [-0.2, 0) is 4.79 Å². The molecule has 0 bridgehead atoms. The largest absolute Gasteiger partial charge is 0.476 e. The van der Waals surface area contributed by atoms with Gasteiger partial charge in [-0.1, -0.05) is 0 Å². The highest BCUT2D eigenvalue weighted by Crippen LogP contribution is 2.32. The second-order valence-electron chi connectivity index (χ2n) is 4.22. The number of hydrogen-bond acceptors (Lipinski definition) is 7. The lowest BCUT2D eigenvalue weighted by atomic mass is 10.2. The average Bonchev–Trinajstić information content (AvgIpc) is 2.48. The van der Waals surface area contributed by atoms with Gasteiger partial charge in [0, 0.05) is 18.3 Å². The Kier molecular flexibility index (Phi) is 4.47. The summed E-state index contributed by atoms with van der Waals surface area (Å²) in [7, 11) is 1.29. The Balaban J connectivity index is 2.27. The molecule has 2 rings (SSSR count). The van der Waals surface area contributed by atoms with E-state index in [1.54, 1.807) is 24.3 Å². The number of nitrogens with zero attached hydrogens (tertiary/aromatic N) is 3. The van der Waals surface area contributed by atoms with Crippen molar-refractivity contribution in [2.24, 2.45) is 0 Å². The molecule has 0 atom stereocenters. The van der Waals surface area contributed by atoms with E-state index in [1.807, 2.05) is 0 Å². The zero-order valence-corrected chi connectivity index (χ0v) is 11.9. The van der Waals surface area contributed by atoms with Crippen LogP contribution in [0.2, 0.25) is 0 Å². The maximum absolute atomic E-state index is 11.1. The molecule has 9 nitrogen and oxygen atoms in total. The Labute approximate surface area is 125 Å². The summed E-state index contributed by atoms with van der Waals surface area (Å²) in [4.78, 5) is 29.0. The molecule has 114 valence electrons. The van der Waals surface area contributed by atoms with Crippen LogP contribution in [0.15, 0.2) is 30.6 Å². The highest BCUT2D eigenvalue weighted by atomic mass is 16.6. The number of hydrogen-bond donors (Lipinski definition) is 2. The molecule has 2 aromatic rings. The first-order chi connectivity index (χ1) is 10.5. The molecule has 1 aromatic carbocycles. The van der Waals surface area contributed by atoms with Gasteiger partial charge in [-0.15, -0.1) is 0 Å². The van der Waals surface area contributed by atoms with Crippen LogP contribution in [0.3, 0.4) is 0 Å². The molecule has 1 aromatic heterocycles. The van der Waals surface area contributed by atoms with Crippen molar-refractivity contribution in [3.05, 3.63) is 40.7 Å². The smallest absolute Gasteiger partial charge is 0.373 e. The minimum atomic E-state index is -0.618. The quantitative estimate of drug-likeness (QED) is 0.641. The highest BCUT2D eigenvalue weighted by molar-refractivity contribution is 5.88. The number of carbonyl (C=O) groups is 1. The van der Waals surface area contributed by atoms with Crippen molar-refractivity contribution >= 4 is 28.8 Å². The Hall–Kier alpha value is -3.23. The summed E-state index contributed by atoms with van der Waals surface area (Å²) in [6.07, 6.45) is 1.17. The number of anilines is 3. The lowest BCUT2D eigenvalue weighted by Crippen LogP contribution is -2.06. The summed E-state index contributed by atoms with van der Waals surface area (Å²) in [5.41, 5.74) is 0.835. The molecular formula is C13H13N5O4. The first-order valence-corrected chi connectivity index (χ1v) is 6.19. The molecule has 0 saturated heterocycles. The minimum absolute atomic E-state index is 0.0177. The van der Waals surface area contributed by atoms with Gasteiger partial charge >= 0.3 is 5.69 Å². The summed E-state index contributed by atoms with van der Waals surface area (Å²) in [6, 6.07) is 6.63. The second kappa shape index (κ2) is 6.48. The number of carbonyl (C=O) groups excluding carboxylic acids is 1. The summed E-state index contributed by atoms with van der Waals surface area (Å²) < 4.78 is 4.87. The predicted octanol–water partition coefficient (Wildman–Crippen LogP) is 2.10. The maximum atomic E-state index is 11.1. The third kappa shape index (κ3) is 3.45. The Morgan fingerprint density at radius 2 is 1.86 bits per heavy atom. The molecule has 0 aliphatic carbocycles. The number of amides is 1. The molecule has 1 amide bonds. The summed E-state index contributed by atoms with van der Waals surface area (Å²) in [5, 5.41) is 16.6. The van der Waals surface area contributed by atoms with E-state index < -0.39 is 4.92 Å². The van der Waals surface area contributed by atoms with Gasteiger partial charge in [-0.25, -0.2) is 4.98 Å².